The second-order valence-corrected chi connectivity index (χ2v) is 5.27. The number of rotatable bonds is 3. The lowest BCUT2D eigenvalue weighted by atomic mass is 10.1. The highest BCUT2D eigenvalue weighted by Gasteiger charge is 2.17. The number of halogens is 1. The molecular weight excluding hydrogens is 273 g/mol. The van der Waals surface area contributed by atoms with Gasteiger partial charge in [-0.2, -0.15) is 0 Å². The minimum absolute atomic E-state index is 0.267. The SMILES string of the molecule is NCc1nc(-c2ccccn2)c(-c2ccccc2F)s1. The van der Waals surface area contributed by atoms with Crippen LogP contribution in [0.25, 0.3) is 21.8 Å². The normalized spacial score (nSPS) is 10.7. The van der Waals surface area contributed by atoms with Crippen molar-refractivity contribution in [2.24, 2.45) is 5.73 Å². The Morgan fingerprint density at radius 3 is 2.60 bits per heavy atom. The minimum Gasteiger partial charge on any atom is -0.325 e. The molecule has 0 aliphatic carbocycles. The van der Waals surface area contributed by atoms with Gasteiger partial charge in [0.25, 0.3) is 0 Å². The molecule has 0 radical (unpaired) electrons. The van der Waals surface area contributed by atoms with E-state index >= 15 is 0 Å². The Balaban J connectivity index is 2.21. The lowest BCUT2D eigenvalue weighted by Crippen LogP contribution is -1.94. The number of aromatic nitrogens is 2. The Hall–Kier alpha value is -2.11. The summed E-state index contributed by atoms with van der Waals surface area (Å²) in [4.78, 5) is 9.54. The molecule has 2 heterocycles. The summed E-state index contributed by atoms with van der Waals surface area (Å²) in [5.41, 5.74) is 7.60. The average molecular weight is 285 g/mol. The van der Waals surface area contributed by atoms with Gasteiger partial charge in [-0.3, -0.25) is 4.98 Å². The van der Waals surface area contributed by atoms with E-state index in [0.29, 0.717) is 17.8 Å². The summed E-state index contributed by atoms with van der Waals surface area (Å²) in [6, 6.07) is 12.2. The maximum Gasteiger partial charge on any atom is 0.131 e. The molecule has 2 N–H and O–H groups in total. The zero-order valence-electron chi connectivity index (χ0n) is 10.6. The highest BCUT2D eigenvalue weighted by molar-refractivity contribution is 7.15. The molecule has 0 aliphatic heterocycles. The maximum atomic E-state index is 14.0. The molecule has 3 aromatic rings. The van der Waals surface area contributed by atoms with Gasteiger partial charge in [-0.1, -0.05) is 24.3 Å². The first kappa shape index (κ1) is 12.9. The molecule has 0 saturated carbocycles. The van der Waals surface area contributed by atoms with Crippen molar-refractivity contribution in [3.63, 3.8) is 0 Å². The van der Waals surface area contributed by atoms with E-state index in [9.17, 15) is 4.39 Å². The van der Waals surface area contributed by atoms with Crippen LogP contribution in [-0.2, 0) is 6.54 Å². The highest BCUT2D eigenvalue weighted by atomic mass is 32.1. The van der Waals surface area contributed by atoms with Crippen LogP contribution in [0.4, 0.5) is 4.39 Å². The molecule has 3 nitrogen and oxygen atoms in total. The zero-order valence-corrected chi connectivity index (χ0v) is 11.4. The molecular formula is C15H12FN3S. The van der Waals surface area contributed by atoms with Crippen molar-refractivity contribution in [2.75, 3.05) is 0 Å². The maximum absolute atomic E-state index is 14.0. The van der Waals surface area contributed by atoms with E-state index in [4.69, 9.17) is 5.73 Å². The van der Waals surface area contributed by atoms with Crippen molar-refractivity contribution < 1.29 is 4.39 Å². The quantitative estimate of drug-likeness (QED) is 0.801. The van der Waals surface area contributed by atoms with Crippen LogP contribution < -0.4 is 5.73 Å². The molecule has 0 atom stereocenters. The highest BCUT2D eigenvalue weighted by Crippen LogP contribution is 2.37. The number of hydrogen-bond acceptors (Lipinski definition) is 4. The number of hydrogen-bond donors (Lipinski definition) is 1. The number of nitrogens with two attached hydrogens (primary N) is 1. The fourth-order valence-electron chi connectivity index (χ4n) is 1.96. The van der Waals surface area contributed by atoms with Gasteiger partial charge in [-0.15, -0.1) is 11.3 Å². The van der Waals surface area contributed by atoms with E-state index in [2.05, 4.69) is 9.97 Å². The molecule has 0 aliphatic rings. The number of nitrogens with zero attached hydrogens (tertiary/aromatic N) is 2. The Bertz CT molecular complexity index is 725. The fourth-order valence-corrected chi connectivity index (χ4v) is 2.93. The first-order chi connectivity index (χ1) is 9.79. The minimum atomic E-state index is -0.267. The molecule has 0 bridgehead atoms. The summed E-state index contributed by atoms with van der Waals surface area (Å²) >= 11 is 1.41. The van der Waals surface area contributed by atoms with E-state index in [0.717, 1.165) is 15.6 Å². The van der Waals surface area contributed by atoms with Crippen LogP contribution in [0.1, 0.15) is 5.01 Å². The molecule has 20 heavy (non-hydrogen) atoms. The van der Waals surface area contributed by atoms with E-state index in [-0.39, 0.29) is 5.82 Å². The third-order valence-corrected chi connectivity index (χ3v) is 3.98. The number of pyridine rings is 1. The molecule has 5 heteroatoms. The summed E-state index contributed by atoms with van der Waals surface area (Å²) < 4.78 is 14.0. The first-order valence-corrected chi connectivity index (χ1v) is 6.97. The van der Waals surface area contributed by atoms with Gasteiger partial charge in [0, 0.05) is 18.3 Å². The van der Waals surface area contributed by atoms with Crippen molar-refractivity contribution in [1.29, 1.82) is 0 Å². The number of thiazole rings is 1. The van der Waals surface area contributed by atoms with Gasteiger partial charge in [0.15, 0.2) is 0 Å². The molecule has 0 unspecified atom stereocenters. The van der Waals surface area contributed by atoms with E-state index in [1.807, 2.05) is 24.3 Å². The Morgan fingerprint density at radius 2 is 1.90 bits per heavy atom. The van der Waals surface area contributed by atoms with Crippen molar-refractivity contribution in [2.45, 2.75) is 6.54 Å². The zero-order chi connectivity index (χ0) is 13.9. The predicted octanol–water partition coefficient (Wildman–Crippen LogP) is 3.47. The van der Waals surface area contributed by atoms with Crippen LogP contribution in [0.3, 0.4) is 0 Å². The number of benzene rings is 1. The second-order valence-electron chi connectivity index (χ2n) is 4.18. The van der Waals surface area contributed by atoms with Crippen molar-refractivity contribution in [3.8, 4) is 21.8 Å². The third kappa shape index (κ3) is 2.33. The summed E-state index contributed by atoms with van der Waals surface area (Å²) in [6.45, 7) is 0.332. The molecule has 0 fully saturated rings. The summed E-state index contributed by atoms with van der Waals surface area (Å²) in [6.07, 6.45) is 1.70. The van der Waals surface area contributed by atoms with Crippen LogP contribution in [0.2, 0.25) is 0 Å². The van der Waals surface area contributed by atoms with Gasteiger partial charge in [-0.25, -0.2) is 9.37 Å². The monoisotopic (exact) mass is 285 g/mol. The molecule has 0 amide bonds. The van der Waals surface area contributed by atoms with Gasteiger partial charge >= 0.3 is 0 Å². The summed E-state index contributed by atoms with van der Waals surface area (Å²) in [5, 5.41) is 0.768. The van der Waals surface area contributed by atoms with Gasteiger partial charge in [0.05, 0.1) is 10.6 Å². The summed E-state index contributed by atoms with van der Waals surface area (Å²) in [7, 11) is 0. The smallest absolute Gasteiger partial charge is 0.131 e. The standard InChI is InChI=1S/C15H12FN3S/c16-11-6-2-1-5-10(11)15-14(19-13(9-17)20-15)12-7-3-4-8-18-12/h1-8H,9,17H2. The molecule has 100 valence electrons. The Labute approximate surface area is 119 Å². The Kier molecular flexibility index (Phi) is 3.54. The second kappa shape index (κ2) is 5.48. The van der Waals surface area contributed by atoms with Crippen LogP contribution in [0.15, 0.2) is 48.7 Å². The molecule has 0 saturated heterocycles. The van der Waals surface area contributed by atoms with Crippen LogP contribution in [0, 0.1) is 5.82 Å². The van der Waals surface area contributed by atoms with Crippen LogP contribution in [0.5, 0.6) is 0 Å². The third-order valence-electron chi connectivity index (χ3n) is 2.87. The van der Waals surface area contributed by atoms with Crippen molar-refractivity contribution in [1.82, 2.24) is 9.97 Å². The topological polar surface area (TPSA) is 51.8 Å². The molecule has 3 rings (SSSR count). The van der Waals surface area contributed by atoms with Crippen molar-refractivity contribution in [3.05, 3.63) is 59.5 Å². The van der Waals surface area contributed by atoms with Crippen molar-refractivity contribution >= 4 is 11.3 Å². The first-order valence-electron chi connectivity index (χ1n) is 6.15. The van der Waals surface area contributed by atoms with Gasteiger partial charge in [-0.05, 0) is 18.2 Å². The Morgan fingerprint density at radius 1 is 1.10 bits per heavy atom. The summed E-state index contributed by atoms with van der Waals surface area (Å²) in [5.74, 6) is -0.267. The lowest BCUT2D eigenvalue weighted by molar-refractivity contribution is 0.631. The lowest BCUT2D eigenvalue weighted by Gasteiger charge is -2.03. The largest absolute Gasteiger partial charge is 0.325 e. The van der Waals surface area contributed by atoms with Crippen LogP contribution in [-0.4, -0.2) is 9.97 Å². The van der Waals surface area contributed by atoms with Gasteiger partial charge < -0.3 is 5.73 Å². The van der Waals surface area contributed by atoms with Gasteiger partial charge in [0.2, 0.25) is 0 Å². The van der Waals surface area contributed by atoms with E-state index in [1.165, 1.54) is 17.4 Å². The fraction of sp³-hybridized carbons (Fsp3) is 0.0667. The molecule has 1 aromatic carbocycles. The molecule has 2 aromatic heterocycles. The van der Waals surface area contributed by atoms with Gasteiger partial charge in [0.1, 0.15) is 16.5 Å². The van der Waals surface area contributed by atoms with E-state index in [1.54, 1.807) is 18.3 Å². The van der Waals surface area contributed by atoms with E-state index < -0.39 is 0 Å². The van der Waals surface area contributed by atoms with Crippen LogP contribution >= 0.6 is 11.3 Å². The predicted molar refractivity (Wildman–Crippen MR) is 78.6 cm³/mol. The molecule has 0 spiro atoms. The average Bonchev–Trinajstić information content (AvgIpc) is 2.93.